The van der Waals surface area contributed by atoms with Crippen LogP contribution < -0.4 is 0 Å². The third-order valence-corrected chi connectivity index (χ3v) is 5.15. The number of carbonyl (C=O) groups excluding carboxylic acids is 3. The molecule has 1 amide bonds. The predicted octanol–water partition coefficient (Wildman–Crippen LogP) is 3.45. The minimum absolute atomic E-state index is 0.0421. The van der Waals surface area contributed by atoms with E-state index >= 15 is 0 Å². The van der Waals surface area contributed by atoms with Gasteiger partial charge in [-0.1, -0.05) is 34.6 Å². The molecule has 0 spiro atoms. The molecule has 0 aliphatic carbocycles. The zero-order valence-corrected chi connectivity index (χ0v) is 18.0. The number of methoxy groups -OCH3 is 1. The Morgan fingerprint density at radius 1 is 1.33 bits per heavy atom. The second kappa shape index (κ2) is 9.82. The van der Waals surface area contributed by atoms with E-state index in [0.717, 1.165) is 0 Å². The molecule has 2 unspecified atom stereocenters. The Morgan fingerprint density at radius 2 is 1.96 bits per heavy atom. The van der Waals surface area contributed by atoms with Gasteiger partial charge < -0.3 is 14.4 Å². The molecule has 1 aromatic heterocycles. The third kappa shape index (κ3) is 6.93. The van der Waals surface area contributed by atoms with Crippen molar-refractivity contribution in [2.24, 2.45) is 11.3 Å². The van der Waals surface area contributed by atoms with Crippen LogP contribution in [0.2, 0.25) is 0 Å². The lowest BCUT2D eigenvalue weighted by atomic mass is 9.90. The summed E-state index contributed by atoms with van der Waals surface area (Å²) in [4.78, 5) is 41.3. The Balaban J connectivity index is 3.02. The van der Waals surface area contributed by atoms with Gasteiger partial charge in [0.1, 0.15) is 5.01 Å². The number of aromatic nitrogens is 1. The second-order valence-electron chi connectivity index (χ2n) is 8.07. The number of carbonyl (C=O) groups is 3. The molecular weight excluding hydrogens is 368 g/mol. The van der Waals surface area contributed by atoms with Gasteiger partial charge in [-0.25, -0.2) is 9.78 Å². The maximum absolute atomic E-state index is 12.7. The topological polar surface area (TPSA) is 85.8 Å². The van der Waals surface area contributed by atoms with Crippen molar-refractivity contribution in [1.29, 1.82) is 0 Å². The molecule has 1 heterocycles. The zero-order valence-electron chi connectivity index (χ0n) is 17.1. The lowest BCUT2D eigenvalue weighted by molar-refractivity contribution is -0.138. The molecule has 2 atom stereocenters. The number of thiazole rings is 1. The van der Waals surface area contributed by atoms with Crippen LogP contribution in [0.1, 0.15) is 69.1 Å². The predicted molar refractivity (Wildman–Crippen MR) is 103 cm³/mol. The van der Waals surface area contributed by atoms with Gasteiger partial charge in [-0.05, 0) is 11.3 Å². The van der Waals surface area contributed by atoms with Crippen LogP contribution in [0.5, 0.6) is 0 Å². The molecule has 1 rings (SSSR count). The van der Waals surface area contributed by atoms with Gasteiger partial charge >= 0.3 is 5.97 Å². The van der Waals surface area contributed by atoms with Crippen molar-refractivity contribution in [2.75, 3.05) is 14.2 Å². The Labute approximate surface area is 165 Å². The van der Waals surface area contributed by atoms with E-state index in [1.54, 1.807) is 17.3 Å². The van der Waals surface area contributed by atoms with Gasteiger partial charge in [-0.3, -0.25) is 9.59 Å². The summed E-state index contributed by atoms with van der Waals surface area (Å²) in [7, 11) is 3.06. The van der Waals surface area contributed by atoms with Crippen molar-refractivity contribution in [2.45, 2.75) is 59.6 Å². The van der Waals surface area contributed by atoms with Gasteiger partial charge in [-0.15, -0.1) is 11.3 Å². The van der Waals surface area contributed by atoms with Crippen molar-refractivity contribution in [3.63, 3.8) is 0 Å². The van der Waals surface area contributed by atoms with Crippen molar-refractivity contribution >= 4 is 29.7 Å². The van der Waals surface area contributed by atoms with Crippen LogP contribution in [0, 0.1) is 11.3 Å². The van der Waals surface area contributed by atoms with E-state index in [9.17, 15) is 14.4 Å². The standard InChI is InChI=1S/C19H30N2O5S/c1-12(2)14(21(6)16(23)9-19(3,4)5)8-15(26-11-22)17-20-13(10-27-17)18(24)25-7/h10-12,14-15H,8-9H2,1-7H3. The Hall–Kier alpha value is -1.96. The lowest BCUT2D eigenvalue weighted by Crippen LogP contribution is -2.42. The average molecular weight is 399 g/mol. The molecule has 0 aromatic carbocycles. The second-order valence-corrected chi connectivity index (χ2v) is 8.96. The van der Waals surface area contributed by atoms with Crippen LogP contribution in [0.15, 0.2) is 5.38 Å². The Bertz CT molecular complexity index is 651. The summed E-state index contributed by atoms with van der Waals surface area (Å²) in [6.45, 7) is 10.5. The summed E-state index contributed by atoms with van der Waals surface area (Å²) in [6, 6.07) is -0.143. The maximum Gasteiger partial charge on any atom is 0.357 e. The van der Waals surface area contributed by atoms with E-state index in [-0.39, 0.29) is 29.0 Å². The summed E-state index contributed by atoms with van der Waals surface area (Å²) < 4.78 is 9.91. The van der Waals surface area contributed by atoms with Crippen molar-refractivity contribution in [3.05, 3.63) is 16.1 Å². The zero-order chi connectivity index (χ0) is 20.8. The lowest BCUT2D eigenvalue weighted by Gasteiger charge is -2.34. The number of hydrogen-bond donors (Lipinski definition) is 0. The minimum Gasteiger partial charge on any atom is -0.464 e. The summed E-state index contributed by atoms with van der Waals surface area (Å²) in [5.74, 6) is -0.350. The molecule has 7 nitrogen and oxygen atoms in total. The van der Waals surface area contributed by atoms with Crippen LogP contribution in [-0.2, 0) is 19.1 Å². The van der Waals surface area contributed by atoms with E-state index in [1.807, 2.05) is 34.6 Å². The monoisotopic (exact) mass is 398 g/mol. The largest absolute Gasteiger partial charge is 0.464 e. The molecule has 1 aromatic rings. The first kappa shape index (κ1) is 23.1. The Kier molecular flexibility index (Phi) is 8.40. The highest BCUT2D eigenvalue weighted by molar-refractivity contribution is 7.09. The van der Waals surface area contributed by atoms with E-state index in [4.69, 9.17) is 4.74 Å². The fourth-order valence-corrected chi connectivity index (χ4v) is 3.61. The van der Waals surface area contributed by atoms with Gasteiger partial charge in [0.05, 0.1) is 7.11 Å². The summed E-state index contributed by atoms with van der Waals surface area (Å²) >= 11 is 1.23. The van der Waals surface area contributed by atoms with E-state index in [0.29, 0.717) is 24.3 Å². The van der Waals surface area contributed by atoms with Crippen LogP contribution in [-0.4, -0.2) is 48.4 Å². The molecule has 27 heavy (non-hydrogen) atoms. The number of amides is 1. The number of rotatable bonds is 9. The normalized spacial score (nSPS) is 13.8. The van der Waals surface area contributed by atoms with E-state index in [1.165, 1.54) is 18.4 Å². The van der Waals surface area contributed by atoms with Crippen LogP contribution in [0.3, 0.4) is 0 Å². The van der Waals surface area contributed by atoms with Gasteiger partial charge in [0.2, 0.25) is 5.91 Å². The molecule has 0 fully saturated rings. The molecule has 0 saturated heterocycles. The number of hydrogen-bond acceptors (Lipinski definition) is 7. The van der Waals surface area contributed by atoms with Crippen LogP contribution in [0.25, 0.3) is 0 Å². The molecule has 8 heteroatoms. The third-order valence-electron chi connectivity index (χ3n) is 4.21. The molecule has 0 bridgehead atoms. The van der Waals surface area contributed by atoms with Gasteiger partial charge in [0, 0.05) is 31.3 Å². The first-order chi connectivity index (χ1) is 12.5. The fraction of sp³-hybridized carbons (Fsp3) is 0.684. The molecule has 152 valence electrons. The molecule has 0 N–H and O–H groups in total. The minimum atomic E-state index is -0.636. The number of ether oxygens (including phenoxy) is 2. The van der Waals surface area contributed by atoms with Gasteiger partial charge in [0.25, 0.3) is 6.47 Å². The van der Waals surface area contributed by atoms with Crippen molar-refractivity contribution in [1.82, 2.24) is 9.88 Å². The molecule has 0 radical (unpaired) electrons. The molecule has 0 saturated carbocycles. The number of nitrogens with zero attached hydrogens (tertiary/aromatic N) is 2. The van der Waals surface area contributed by atoms with Crippen LogP contribution >= 0.6 is 11.3 Å². The first-order valence-electron chi connectivity index (χ1n) is 8.88. The van der Waals surface area contributed by atoms with Crippen molar-refractivity contribution < 1.29 is 23.9 Å². The highest BCUT2D eigenvalue weighted by Gasteiger charge is 2.31. The molecule has 0 aliphatic rings. The summed E-state index contributed by atoms with van der Waals surface area (Å²) in [6.07, 6.45) is 0.190. The molecule has 0 aliphatic heterocycles. The summed E-state index contributed by atoms with van der Waals surface area (Å²) in [5.41, 5.74) is 0.0614. The molecular formula is C19H30N2O5S. The van der Waals surface area contributed by atoms with Crippen LogP contribution in [0.4, 0.5) is 0 Å². The first-order valence-corrected chi connectivity index (χ1v) is 9.76. The average Bonchev–Trinajstić information content (AvgIpc) is 3.05. The summed E-state index contributed by atoms with van der Waals surface area (Å²) in [5, 5.41) is 2.08. The highest BCUT2D eigenvalue weighted by Crippen LogP contribution is 2.30. The Morgan fingerprint density at radius 3 is 2.44 bits per heavy atom. The van der Waals surface area contributed by atoms with Gasteiger partial charge in [0.15, 0.2) is 11.8 Å². The van der Waals surface area contributed by atoms with E-state index in [2.05, 4.69) is 9.72 Å². The SMILES string of the molecule is COC(=O)c1csc(C(CC(C(C)C)N(C)C(=O)CC(C)(C)C)OC=O)n1. The quantitative estimate of drug-likeness (QED) is 0.468. The highest BCUT2D eigenvalue weighted by atomic mass is 32.1. The maximum atomic E-state index is 12.7. The number of esters is 1. The fourth-order valence-electron chi connectivity index (χ4n) is 2.78. The smallest absolute Gasteiger partial charge is 0.357 e. The van der Waals surface area contributed by atoms with E-state index < -0.39 is 12.1 Å². The van der Waals surface area contributed by atoms with Crippen molar-refractivity contribution in [3.8, 4) is 0 Å². The van der Waals surface area contributed by atoms with Gasteiger partial charge in [-0.2, -0.15) is 0 Å².